The smallest absolute Gasteiger partial charge is 0.273 e. The first-order valence-electron chi connectivity index (χ1n) is 7.51. The third-order valence-corrected chi connectivity index (χ3v) is 3.68. The summed E-state index contributed by atoms with van der Waals surface area (Å²) in [6.45, 7) is 0.884. The van der Waals surface area contributed by atoms with Crippen LogP contribution in [0, 0.1) is 21.4 Å². The molecule has 0 saturated carbocycles. The molecule has 0 aliphatic carbocycles. The predicted octanol–water partition coefficient (Wildman–Crippen LogP) is 0.879. The monoisotopic (exact) mass is 346 g/mol. The number of ether oxygens (including phenoxy) is 2. The first-order valence-corrected chi connectivity index (χ1v) is 7.51. The first kappa shape index (κ1) is 18.2. The van der Waals surface area contributed by atoms with Crippen LogP contribution < -0.4 is 15.2 Å². The summed E-state index contributed by atoms with van der Waals surface area (Å²) >= 11 is 0. The van der Waals surface area contributed by atoms with Crippen molar-refractivity contribution in [1.29, 1.82) is 5.26 Å². The number of methoxy groups -OCH3 is 1. The zero-order valence-corrected chi connectivity index (χ0v) is 13.5. The number of nitriles is 1. The number of nitro benzene ring substituents is 1. The molecule has 25 heavy (non-hydrogen) atoms. The molecular formula is C16H16N3O6-. The minimum absolute atomic E-state index is 0.100. The molecule has 2 rings (SSSR count). The van der Waals surface area contributed by atoms with Crippen LogP contribution in [-0.2, 0) is 9.53 Å². The van der Waals surface area contributed by atoms with Crippen LogP contribution in [0.1, 0.15) is 18.4 Å². The molecule has 0 radical (unpaired) electrons. The second-order valence-corrected chi connectivity index (χ2v) is 5.34. The first-order chi connectivity index (χ1) is 12.0. The number of hydrogen-bond donors (Lipinski definition) is 1. The SMILES string of the molecule is COc1cc([N+](=O)[O-])cc(/C=C(\C#N)C(=O)NC[C@H]2CCCO2)c1[O-]. The van der Waals surface area contributed by atoms with Gasteiger partial charge in [0.05, 0.1) is 24.2 Å². The van der Waals surface area contributed by atoms with Crippen molar-refractivity contribution in [3.63, 3.8) is 0 Å². The van der Waals surface area contributed by atoms with Crippen molar-refractivity contribution in [2.24, 2.45) is 0 Å². The van der Waals surface area contributed by atoms with Gasteiger partial charge < -0.3 is 19.9 Å². The molecular weight excluding hydrogens is 330 g/mol. The van der Waals surface area contributed by atoms with E-state index < -0.39 is 16.6 Å². The fourth-order valence-corrected chi connectivity index (χ4v) is 2.38. The molecule has 1 fully saturated rings. The number of rotatable bonds is 6. The molecule has 1 saturated heterocycles. The molecule has 132 valence electrons. The summed E-state index contributed by atoms with van der Waals surface area (Å²) < 4.78 is 10.2. The Morgan fingerprint density at radius 1 is 1.60 bits per heavy atom. The van der Waals surface area contributed by atoms with Crippen LogP contribution >= 0.6 is 0 Å². The molecule has 9 nitrogen and oxygen atoms in total. The minimum Gasteiger partial charge on any atom is -0.870 e. The van der Waals surface area contributed by atoms with Crippen LogP contribution in [-0.4, -0.2) is 37.2 Å². The number of benzene rings is 1. The van der Waals surface area contributed by atoms with Gasteiger partial charge in [-0.2, -0.15) is 5.26 Å². The van der Waals surface area contributed by atoms with Gasteiger partial charge in [-0.1, -0.05) is 5.75 Å². The minimum atomic E-state index is -0.692. The highest BCUT2D eigenvalue weighted by Crippen LogP contribution is 2.33. The zero-order valence-electron chi connectivity index (χ0n) is 13.5. The Balaban J connectivity index is 2.25. The summed E-state index contributed by atoms with van der Waals surface area (Å²) in [7, 11) is 1.20. The highest BCUT2D eigenvalue weighted by atomic mass is 16.6. The maximum atomic E-state index is 12.2. The topological polar surface area (TPSA) is 138 Å². The predicted molar refractivity (Wildman–Crippen MR) is 84.7 cm³/mol. The van der Waals surface area contributed by atoms with Gasteiger partial charge in [-0.3, -0.25) is 14.9 Å². The van der Waals surface area contributed by atoms with Gasteiger partial charge in [0.15, 0.2) is 0 Å². The molecule has 0 spiro atoms. The van der Waals surface area contributed by atoms with Crippen LogP contribution in [0.2, 0.25) is 0 Å². The van der Waals surface area contributed by atoms with E-state index in [9.17, 15) is 20.0 Å². The standard InChI is InChI=1S/C16H17N3O6/c1-24-14-7-12(19(22)23)6-10(15(14)20)5-11(8-17)16(21)18-9-13-3-2-4-25-13/h5-7,13,20H,2-4,9H2,1H3,(H,18,21)/p-1/b11-5+/t13-/m1/s1. The molecule has 1 amide bonds. The molecule has 0 aromatic heterocycles. The number of carbonyl (C=O) groups excluding carboxylic acids is 1. The lowest BCUT2D eigenvalue weighted by Crippen LogP contribution is -2.32. The second-order valence-electron chi connectivity index (χ2n) is 5.34. The fourth-order valence-electron chi connectivity index (χ4n) is 2.38. The highest BCUT2D eigenvalue weighted by Gasteiger charge is 2.18. The van der Waals surface area contributed by atoms with Crippen LogP contribution in [0.5, 0.6) is 11.5 Å². The summed E-state index contributed by atoms with van der Waals surface area (Å²) in [5, 5.41) is 34.8. The van der Waals surface area contributed by atoms with E-state index >= 15 is 0 Å². The van der Waals surface area contributed by atoms with Crippen LogP contribution in [0.25, 0.3) is 6.08 Å². The van der Waals surface area contributed by atoms with E-state index in [1.807, 2.05) is 0 Å². The Morgan fingerprint density at radius 2 is 2.36 bits per heavy atom. The number of hydrogen-bond acceptors (Lipinski definition) is 7. The Hall–Kier alpha value is -3.12. The normalized spacial score (nSPS) is 17.0. The van der Waals surface area contributed by atoms with Gasteiger partial charge in [-0.25, -0.2) is 0 Å². The van der Waals surface area contributed by atoms with Gasteiger partial charge in [-0.15, -0.1) is 0 Å². The van der Waals surface area contributed by atoms with Crippen molar-refractivity contribution in [1.82, 2.24) is 5.32 Å². The van der Waals surface area contributed by atoms with Crippen molar-refractivity contribution in [3.8, 4) is 17.6 Å². The molecule has 1 aliphatic rings. The summed E-state index contributed by atoms with van der Waals surface area (Å²) in [6, 6.07) is 3.68. The number of nitrogens with one attached hydrogen (secondary N) is 1. The largest absolute Gasteiger partial charge is 0.870 e. The lowest BCUT2D eigenvalue weighted by molar-refractivity contribution is -0.385. The number of carbonyl (C=O) groups is 1. The number of amides is 1. The van der Waals surface area contributed by atoms with E-state index in [0.717, 1.165) is 31.1 Å². The van der Waals surface area contributed by atoms with Crippen molar-refractivity contribution in [2.45, 2.75) is 18.9 Å². The summed E-state index contributed by atoms with van der Waals surface area (Å²) in [5.41, 5.74) is -0.882. The number of nitrogens with zero attached hydrogens (tertiary/aromatic N) is 2. The van der Waals surface area contributed by atoms with Crippen LogP contribution in [0.3, 0.4) is 0 Å². The molecule has 0 bridgehead atoms. The van der Waals surface area contributed by atoms with Gasteiger partial charge in [0, 0.05) is 19.2 Å². The molecule has 0 unspecified atom stereocenters. The number of non-ortho nitro benzene ring substituents is 1. The summed E-state index contributed by atoms with van der Waals surface area (Å²) in [6.07, 6.45) is 2.65. The molecule has 1 N–H and O–H groups in total. The second kappa shape index (κ2) is 8.12. The Kier molecular flexibility index (Phi) is 5.92. The molecule has 1 heterocycles. The molecule has 1 atom stereocenters. The van der Waals surface area contributed by atoms with Crippen molar-refractivity contribution in [3.05, 3.63) is 33.4 Å². The van der Waals surface area contributed by atoms with E-state index in [0.29, 0.717) is 6.61 Å². The van der Waals surface area contributed by atoms with Crippen molar-refractivity contribution in [2.75, 3.05) is 20.3 Å². The van der Waals surface area contributed by atoms with Crippen molar-refractivity contribution >= 4 is 17.7 Å². The van der Waals surface area contributed by atoms with E-state index in [4.69, 9.17) is 14.7 Å². The fraction of sp³-hybridized carbons (Fsp3) is 0.375. The van der Waals surface area contributed by atoms with E-state index in [2.05, 4.69) is 5.32 Å². The summed E-state index contributed by atoms with van der Waals surface area (Å²) in [5.74, 6) is -1.56. The van der Waals surface area contributed by atoms with Crippen LogP contribution in [0.15, 0.2) is 17.7 Å². The molecule has 1 aromatic carbocycles. The molecule has 1 aliphatic heterocycles. The van der Waals surface area contributed by atoms with Crippen molar-refractivity contribution < 1.29 is 24.3 Å². The highest BCUT2D eigenvalue weighted by molar-refractivity contribution is 6.02. The Bertz CT molecular complexity index is 747. The zero-order chi connectivity index (χ0) is 18.4. The third-order valence-electron chi connectivity index (χ3n) is 3.68. The maximum Gasteiger partial charge on any atom is 0.273 e. The Labute approximate surface area is 143 Å². The maximum absolute atomic E-state index is 12.2. The lowest BCUT2D eigenvalue weighted by atomic mass is 10.1. The quantitative estimate of drug-likeness (QED) is 0.349. The van der Waals surface area contributed by atoms with Gasteiger partial charge in [0.2, 0.25) is 0 Å². The van der Waals surface area contributed by atoms with Gasteiger partial charge in [-0.05, 0) is 24.5 Å². The lowest BCUT2D eigenvalue weighted by Gasteiger charge is -2.16. The van der Waals surface area contributed by atoms with E-state index in [1.165, 1.54) is 7.11 Å². The third kappa shape index (κ3) is 4.45. The van der Waals surface area contributed by atoms with Gasteiger partial charge in [0.25, 0.3) is 11.6 Å². The average Bonchev–Trinajstić information content (AvgIpc) is 3.12. The molecule has 1 aromatic rings. The van der Waals surface area contributed by atoms with Gasteiger partial charge >= 0.3 is 0 Å². The average molecular weight is 346 g/mol. The molecule has 9 heteroatoms. The summed E-state index contributed by atoms with van der Waals surface area (Å²) in [4.78, 5) is 22.3. The van der Waals surface area contributed by atoms with E-state index in [1.54, 1.807) is 6.07 Å². The number of nitro groups is 1. The Morgan fingerprint density at radius 3 is 2.92 bits per heavy atom. The van der Waals surface area contributed by atoms with Crippen LogP contribution in [0.4, 0.5) is 5.69 Å². The van der Waals surface area contributed by atoms with Gasteiger partial charge in [0.1, 0.15) is 17.4 Å². The van der Waals surface area contributed by atoms with E-state index in [-0.39, 0.29) is 35.2 Å².